The zero-order chi connectivity index (χ0) is 19.8. The second-order valence-corrected chi connectivity index (χ2v) is 7.19. The number of hydrogen-bond acceptors (Lipinski definition) is 6. The molecule has 1 rings (SSSR count). The molecule has 26 heavy (non-hydrogen) atoms. The summed E-state index contributed by atoms with van der Waals surface area (Å²) in [6, 6.07) is 9.23. The van der Waals surface area contributed by atoms with Crippen LogP contribution < -0.4 is 0 Å². The third-order valence-corrected chi connectivity index (χ3v) is 4.41. The summed E-state index contributed by atoms with van der Waals surface area (Å²) in [6.45, 7) is 6.65. The summed E-state index contributed by atoms with van der Waals surface area (Å²) in [5.74, 6) is -1.55. The van der Waals surface area contributed by atoms with E-state index in [0.29, 0.717) is 6.42 Å². The van der Waals surface area contributed by atoms with Crippen molar-refractivity contribution in [1.82, 2.24) is 0 Å². The van der Waals surface area contributed by atoms with Gasteiger partial charge in [0.25, 0.3) is 0 Å². The molecule has 0 aromatic heterocycles. The molecule has 0 saturated heterocycles. The van der Waals surface area contributed by atoms with Gasteiger partial charge in [-0.25, -0.2) is 4.79 Å². The Labute approximate surface area is 154 Å². The van der Waals surface area contributed by atoms with Crippen molar-refractivity contribution in [3.05, 3.63) is 35.9 Å². The van der Waals surface area contributed by atoms with Gasteiger partial charge in [0.2, 0.25) is 0 Å². The van der Waals surface area contributed by atoms with Crippen LogP contribution in [0, 0.1) is 10.8 Å². The quantitative estimate of drug-likeness (QED) is 0.494. The zero-order valence-electron chi connectivity index (χ0n) is 16.2. The summed E-state index contributed by atoms with van der Waals surface area (Å²) in [5, 5.41) is 0. The number of benzene rings is 1. The first-order valence-electron chi connectivity index (χ1n) is 8.60. The summed E-state index contributed by atoms with van der Waals surface area (Å²) in [4.78, 5) is 36.2. The van der Waals surface area contributed by atoms with Crippen molar-refractivity contribution in [2.24, 2.45) is 10.8 Å². The number of carbonyl (C=O) groups excluding carboxylic acids is 3. The first kappa shape index (κ1) is 21.7. The van der Waals surface area contributed by atoms with Crippen LogP contribution >= 0.6 is 0 Å². The maximum absolute atomic E-state index is 12.5. The van der Waals surface area contributed by atoms with Crippen LogP contribution in [0.25, 0.3) is 0 Å². The van der Waals surface area contributed by atoms with Crippen molar-refractivity contribution in [3.8, 4) is 0 Å². The Balaban J connectivity index is 2.57. The molecule has 1 aromatic rings. The molecular formula is C20H28O6. The van der Waals surface area contributed by atoms with E-state index in [4.69, 9.17) is 14.2 Å². The van der Waals surface area contributed by atoms with Crippen molar-refractivity contribution in [3.63, 3.8) is 0 Å². The molecular weight excluding hydrogens is 336 g/mol. The second kappa shape index (κ2) is 9.36. The molecule has 0 fully saturated rings. The minimum atomic E-state index is -0.905. The summed E-state index contributed by atoms with van der Waals surface area (Å²) in [7, 11) is 1.31. The van der Waals surface area contributed by atoms with Crippen LogP contribution in [0.1, 0.15) is 46.1 Å². The van der Waals surface area contributed by atoms with Crippen molar-refractivity contribution in [2.45, 2.75) is 47.1 Å². The lowest BCUT2D eigenvalue weighted by atomic mass is 9.72. The predicted octanol–water partition coefficient (Wildman–Crippen LogP) is 3.28. The average Bonchev–Trinajstić information content (AvgIpc) is 2.63. The van der Waals surface area contributed by atoms with E-state index >= 15 is 0 Å². The van der Waals surface area contributed by atoms with Crippen LogP contribution in [0.5, 0.6) is 0 Å². The minimum Gasteiger partial charge on any atom is -0.469 e. The Hall–Kier alpha value is -2.37. The molecule has 0 radical (unpaired) electrons. The molecule has 0 saturated carbocycles. The molecule has 144 valence electrons. The Morgan fingerprint density at radius 2 is 1.58 bits per heavy atom. The fourth-order valence-electron chi connectivity index (χ4n) is 2.74. The van der Waals surface area contributed by atoms with Gasteiger partial charge in [0.1, 0.15) is 6.61 Å². The second-order valence-electron chi connectivity index (χ2n) is 7.19. The lowest BCUT2D eigenvalue weighted by molar-refractivity contribution is -0.169. The van der Waals surface area contributed by atoms with Crippen LogP contribution in [0.15, 0.2) is 30.3 Å². The lowest BCUT2D eigenvalue weighted by Gasteiger charge is -2.33. The first-order chi connectivity index (χ1) is 12.1. The van der Waals surface area contributed by atoms with Crippen molar-refractivity contribution >= 4 is 17.9 Å². The van der Waals surface area contributed by atoms with E-state index in [9.17, 15) is 14.4 Å². The molecule has 0 aliphatic carbocycles. The number of rotatable bonds is 9. The molecule has 0 spiro atoms. The SMILES string of the molecule is CCC(C)(CC(C)(C)C(=O)OC)C(=O)OCC(=O)OCc1ccccc1. The Morgan fingerprint density at radius 1 is 0.962 bits per heavy atom. The van der Waals surface area contributed by atoms with Gasteiger partial charge in [-0.15, -0.1) is 0 Å². The van der Waals surface area contributed by atoms with E-state index in [1.165, 1.54) is 7.11 Å². The molecule has 0 amide bonds. The van der Waals surface area contributed by atoms with Crippen LogP contribution in [0.3, 0.4) is 0 Å². The van der Waals surface area contributed by atoms with Gasteiger partial charge in [0, 0.05) is 0 Å². The minimum absolute atomic E-state index is 0.123. The maximum Gasteiger partial charge on any atom is 0.344 e. The number of ether oxygens (including phenoxy) is 3. The van der Waals surface area contributed by atoms with Crippen LogP contribution in [0.4, 0.5) is 0 Å². The number of esters is 3. The van der Waals surface area contributed by atoms with E-state index in [-0.39, 0.29) is 13.0 Å². The van der Waals surface area contributed by atoms with E-state index in [2.05, 4.69) is 0 Å². The molecule has 0 heterocycles. The molecule has 1 atom stereocenters. The molecule has 0 aliphatic rings. The molecule has 1 aromatic carbocycles. The van der Waals surface area contributed by atoms with E-state index in [1.54, 1.807) is 20.8 Å². The van der Waals surface area contributed by atoms with Crippen molar-refractivity contribution < 1.29 is 28.6 Å². The predicted molar refractivity (Wildman–Crippen MR) is 96.0 cm³/mol. The highest BCUT2D eigenvalue weighted by atomic mass is 16.6. The third kappa shape index (κ3) is 6.17. The molecule has 0 N–H and O–H groups in total. The van der Waals surface area contributed by atoms with Gasteiger partial charge >= 0.3 is 17.9 Å². The highest BCUT2D eigenvalue weighted by Crippen LogP contribution is 2.38. The standard InChI is InChI=1S/C20H28O6/c1-6-20(4,14-19(2,3)17(22)24-5)18(23)26-13-16(21)25-12-15-10-8-7-9-11-15/h7-11H,6,12-14H2,1-5H3. The number of carbonyl (C=O) groups is 3. The van der Waals surface area contributed by atoms with Crippen LogP contribution in [-0.4, -0.2) is 31.6 Å². The van der Waals surface area contributed by atoms with Crippen molar-refractivity contribution in [1.29, 1.82) is 0 Å². The van der Waals surface area contributed by atoms with Gasteiger partial charge in [-0.3, -0.25) is 9.59 Å². The van der Waals surface area contributed by atoms with Gasteiger partial charge in [0.15, 0.2) is 6.61 Å². The van der Waals surface area contributed by atoms with Gasteiger partial charge in [-0.2, -0.15) is 0 Å². The average molecular weight is 364 g/mol. The number of methoxy groups -OCH3 is 1. The number of hydrogen-bond donors (Lipinski definition) is 0. The highest BCUT2D eigenvalue weighted by Gasteiger charge is 2.42. The lowest BCUT2D eigenvalue weighted by Crippen LogP contribution is -2.39. The van der Waals surface area contributed by atoms with Gasteiger partial charge in [0.05, 0.1) is 17.9 Å². The van der Waals surface area contributed by atoms with E-state index < -0.39 is 35.3 Å². The summed E-state index contributed by atoms with van der Waals surface area (Å²) in [6.07, 6.45) is 0.715. The van der Waals surface area contributed by atoms with Crippen molar-refractivity contribution in [2.75, 3.05) is 13.7 Å². The monoisotopic (exact) mass is 364 g/mol. The first-order valence-corrected chi connectivity index (χ1v) is 8.60. The molecule has 6 heteroatoms. The maximum atomic E-state index is 12.5. The fourth-order valence-corrected chi connectivity index (χ4v) is 2.74. The Kier molecular flexibility index (Phi) is 7.80. The topological polar surface area (TPSA) is 78.9 Å². The summed E-state index contributed by atoms with van der Waals surface area (Å²) in [5.41, 5.74) is -0.894. The van der Waals surface area contributed by atoms with Gasteiger partial charge in [-0.1, -0.05) is 37.3 Å². The zero-order valence-corrected chi connectivity index (χ0v) is 16.2. The molecule has 0 bridgehead atoms. The summed E-state index contributed by atoms with van der Waals surface area (Å²) >= 11 is 0. The summed E-state index contributed by atoms with van der Waals surface area (Å²) < 4.78 is 15.0. The van der Waals surface area contributed by atoms with Crippen LogP contribution in [0.2, 0.25) is 0 Å². The highest BCUT2D eigenvalue weighted by molar-refractivity contribution is 5.82. The fraction of sp³-hybridized carbons (Fsp3) is 0.550. The Bertz CT molecular complexity index is 622. The van der Waals surface area contributed by atoms with Gasteiger partial charge in [-0.05, 0) is 39.2 Å². The normalized spacial score (nSPS) is 13.4. The third-order valence-electron chi connectivity index (χ3n) is 4.41. The van der Waals surface area contributed by atoms with E-state index in [0.717, 1.165) is 5.56 Å². The van der Waals surface area contributed by atoms with E-state index in [1.807, 2.05) is 37.3 Å². The Morgan fingerprint density at radius 3 is 2.12 bits per heavy atom. The largest absolute Gasteiger partial charge is 0.469 e. The van der Waals surface area contributed by atoms with Gasteiger partial charge < -0.3 is 14.2 Å². The smallest absolute Gasteiger partial charge is 0.344 e. The molecule has 0 aliphatic heterocycles. The molecule has 1 unspecified atom stereocenters. The van der Waals surface area contributed by atoms with Crippen LogP contribution in [-0.2, 0) is 35.2 Å². The molecule has 6 nitrogen and oxygen atoms in total.